The molecule has 1 N–H and O–H groups in total. The quantitative estimate of drug-likeness (QED) is 0.366. The average molecular weight is 484 g/mol. The lowest BCUT2D eigenvalue weighted by atomic mass is 9.95. The van der Waals surface area contributed by atoms with Crippen molar-refractivity contribution in [3.63, 3.8) is 0 Å². The van der Waals surface area contributed by atoms with E-state index >= 15 is 0 Å². The van der Waals surface area contributed by atoms with Gasteiger partial charge in [-0.2, -0.15) is 0 Å². The SMILES string of the molecule is O=c1[nH]c(CSc2nnc(Cc3cccs3)n2C2CCCCC2)nc2sc3c(c12)CCC3. The highest BCUT2D eigenvalue weighted by molar-refractivity contribution is 7.98. The van der Waals surface area contributed by atoms with E-state index in [1.54, 1.807) is 34.4 Å². The monoisotopic (exact) mass is 483 g/mol. The molecule has 0 bridgehead atoms. The van der Waals surface area contributed by atoms with Gasteiger partial charge in [0.1, 0.15) is 16.5 Å². The first-order valence-corrected chi connectivity index (χ1v) is 14.1. The van der Waals surface area contributed by atoms with Crippen LogP contribution in [0.25, 0.3) is 10.2 Å². The third-order valence-corrected chi connectivity index (χ3v) is 9.57. The van der Waals surface area contributed by atoms with Crippen LogP contribution in [0.3, 0.4) is 0 Å². The van der Waals surface area contributed by atoms with Gasteiger partial charge in [-0.25, -0.2) is 4.98 Å². The van der Waals surface area contributed by atoms with Crippen molar-refractivity contribution in [2.24, 2.45) is 0 Å². The van der Waals surface area contributed by atoms with Crippen molar-refractivity contribution in [1.29, 1.82) is 0 Å². The molecule has 166 valence electrons. The fraction of sp³-hybridized carbons (Fsp3) is 0.478. The number of thiophene rings is 2. The van der Waals surface area contributed by atoms with E-state index in [0.29, 0.717) is 11.8 Å². The second-order valence-electron chi connectivity index (χ2n) is 8.66. The van der Waals surface area contributed by atoms with Crippen LogP contribution >= 0.6 is 34.4 Å². The Hall–Kier alpha value is -1.97. The molecule has 2 aliphatic rings. The Morgan fingerprint density at radius 1 is 1.16 bits per heavy atom. The lowest BCUT2D eigenvalue weighted by Crippen LogP contribution is -2.17. The number of aromatic nitrogens is 5. The fourth-order valence-corrected chi connectivity index (χ4v) is 7.93. The van der Waals surface area contributed by atoms with Gasteiger partial charge in [0.05, 0.1) is 11.1 Å². The van der Waals surface area contributed by atoms with E-state index < -0.39 is 0 Å². The smallest absolute Gasteiger partial charge is 0.259 e. The van der Waals surface area contributed by atoms with Gasteiger partial charge in [0.25, 0.3) is 5.56 Å². The van der Waals surface area contributed by atoms with Gasteiger partial charge in [-0.1, -0.05) is 37.1 Å². The molecule has 32 heavy (non-hydrogen) atoms. The first kappa shape index (κ1) is 20.6. The van der Waals surface area contributed by atoms with Gasteiger partial charge in [0.15, 0.2) is 5.16 Å². The van der Waals surface area contributed by atoms with Crippen LogP contribution in [0.2, 0.25) is 0 Å². The Morgan fingerprint density at radius 2 is 2.06 bits per heavy atom. The van der Waals surface area contributed by atoms with Crippen LogP contribution in [0, 0.1) is 0 Å². The van der Waals surface area contributed by atoms with Crippen molar-refractivity contribution in [2.75, 3.05) is 0 Å². The van der Waals surface area contributed by atoms with Crippen LogP contribution in [0.4, 0.5) is 0 Å². The summed E-state index contributed by atoms with van der Waals surface area (Å²) in [6.07, 6.45) is 10.3. The summed E-state index contributed by atoms with van der Waals surface area (Å²) in [7, 11) is 0. The molecule has 2 aliphatic carbocycles. The van der Waals surface area contributed by atoms with Gasteiger partial charge in [-0.3, -0.25) is 4.79 Å². The number of H-pyrrole nitrogens is 1. The van der Waals surface area contributed by atoms with E-state index in [4.69, 9.17) is 4.98 Å². The minimum Gasteiger partial charge on any atom is -0.309 e. The maximum absolute atomic E-state index is 12.8. The number of hydrogen-bond acceptors (Lipinski definition) is 7. The molecule has 1 fully saturated rings. The molecule has 1 saturated carbocycles. The van der Waals surface area contributed by atoms with Crippen LogP contribution < -0.4 is 5.56 Å². The number of nitrogens with one attached hydrogen (secondary N) is 1. The van der Waals surface area contributed by atoms with E-state index in [-0.39, 0.29) is 5.56 Å². The predicted octanol–water partition coefficient (Wildman–Crippen LogP) is 5.51. The first-order chi connectivity index (χ1) is 15.8. The van der Waals surface area contributed by atoms with Gasteiger partial charge >= 0.3 is 0 Å². The number of fused-ring (bicyclic) bond motifs is 3. The topological polar surface area (TPSA) is 76.5 Å². The predicted molar refractivity (Wildman–Crippen MR) is 131 cm³/mol. The first-order valence-electron chi connectivity index (χ1n) is 11.4. The molecule has 0 aliphatic heterocycles. The van der Waals surface area contributed by atoms with Gasteiger partial charge < -0.3 is 9.55 Å². The molecule has 4 aromatic heterocycles. The maximum Gasteiger partial charge on any atom is 0.259 e. The highest BCUT2D eigenvalue weighted by Crippen LogP contribution is 2.36. The number of nitrogens with zero attached hydrogens (tertiary/aromatic N) is 4. The van der Waals surface area contributed by atoms with Gasteiger partial charge in [-0.05, 0) is 49.1 Å². The van der Waals surface area contributed by atoms with Crippen LogP contribution in [0.1, 0.15) is 71.5 Å². The zero-order chi connectivity index (χ0) is 21.5. The molecule has 0 amide bonds. The zero-order valence-corrected chi connectivity index (χ0v) is 20.3. The minimum absolute atomic E-state index is 0.0112. The highest BCUT2D eigenvalue weighted by Gasteiger charge is 2.24. The zero-order valence-electron chi connectivity index (χ0n) is 17.8. The fourth-order valence-electron chi connectivity index (χ4n) is 5.05. The maximum atomic E-state index is 12.8. The largest absolute Gasteiger partial charge is 0.309 e. The Kier molecular flexibility index (Phi) is 5.64. The molecule has 6 nitrogen and oxygen atoms in total. The number of rotatable bonds is 6. The minimum atomic E-state index is 0.0112. The normalized spacial score (nSPS) is 16.8. The summed E-state index contributed by atoms with van der Waals surface area (Å²) in [6, 6.07) is 4.72. The average Bonchev–Trinajstić information content (AvgIpc) is 3.58. The Bertz CT molecular complexity index is 1300. The molecular formula is C23H25N5OS3. The summed E-state index contributed by atoms with van der Waals surface area (Å²) < 4.78 is 2.37. The highest BCUT2D eigenvalue weighted by atomic mass is 32.2. The molecule has 0 aromatic carbocycles. The van der Waals surface area contributed by atoms with Crippen molar-refractivity contribution >= 4 is 44.7 Å². The van der Waals surface area contributed by atoms with Gasteiger partial charge in [-0.15, -0.1) is 32.9 Å². The van der Waals surface area contributed by atoms with Crippen molar-refractivity contribution < 1.29 is 0 Å². The van der Waals surface area contributed by atoms with E-state index in [9.17, 15) is 4.79 Å². The van der Waals surface area contributed by atoms with Crippen molar-refractivity contribution in [3.8, 4) is 0 Å². The Balaban J connectivity index is 1.28. The Morgan fingerprint density at radius 3 is 2.91 bits per heavy atom. The van der Waals surface area contributed by atoms with Crippen molar-refractivity contribution in [2.45, 2.75) is 74.7 Å². The summed E-state index contributed by atoms with van der Waals surface area (Å²) in [6.45, 7) is 0. The molecule has 0 unspecified atom stereocenters. The lowest BCUT2D eigenvalue weighted by molar-refractivity contribution is 0.330. The molecule has 0 atom stereocenters. The van der Waals surface area contributed by atoms with E-state index in [1.807, 2.05) is 0 Å². The number of hydrogen-bond donors (Lipinski definition) is 1. The van der Waals surface area contributed by atoms with Crippen LogP contribution in [-0.4, -0.2) is 24.7 Å². The Labute approximate surface area is 198 Å². The van der Waals surface area contributed by atoms with Crippen LogP contribution in [0.5, 0.6) is 0 Å². The third kappa shape index (κ3) is 3.84. The van der Waals surface area contributed by atoms with E-state index in [2.05, 4.69) is 37.3 Å². The second-order valence-corrected chi connectivity index (χ2v) is 11.7. The summed E-state index contributed by atoms with van der Waals surface area (Å²) in [5.41, 5.74) is 1.24. The van der Waals surface area contributed by atoms with Crippen molar-refractivity contribution in [1.82, 2.24) is 24.7 Å². The standard InChI is InChI=1S/C23H25N5OS3/c29-21-20-16-9-4-10-17(16)32-22(20)25-18(24-21)13-31-23-27-26-19(12-15-8-5-11-30-15)28(23)14-6-2-1-3-7-14/h5,8,11,14H,1-4,6-7,9-10,12-13H2,(H,24,25,29). The van der Waals surface area contributed by atoms with Gasteiger partial charge in [0.2, 0.25) is 0 Å². The van der Waals surface area contributed by atoms with Crippen LogP contribution in [-0.2, 0) is 25.0 Å². The number of thioether (sulfide) groups is 1. The van der Waals surface area contributed by atoms with Crippen LogP contribution in [0.15, 0.2) is 27.5 Å². The summed E-state index contributed by atoms with van der Waals surface area (Å²) in [5, 5.41) is 13.0. The molecule has 4 aromatic rings. The molecular weight excluding hydrogens is 458 g/mol. The summed E-state index contributed by atoms with van der Waals surface area (Å²) >= 11 is 5.10. The van der Waals surface area contributed by atoms with Crippen molar-refractivity contribution in [3.05, 3.63) is 54.8 Å². The molecule has 4 heterocycles. The summed E-state index contributed by atoms with van der Waals surface area (Å²) in [4.78, 5) is 24.2. The molecule has 9 heteroatoms. The molecule has 0 spiro atoms. The number of aromatic amines is 1. The van der Waals surface area contributed by atoms with E-state index in [0.717, 1.165) is 52.7 Å². The molecule has 0 radical (unpaired) electrons. The lowest BCUT2D eigenvalue weighted by Gasteiger charge is -2.25. The number of aryl methyl sites for hydroxylation is 2. The summed E-state index contributed by atoms with van der Waals surface area (Å²) in [5.74, 6) is 2.37. The van der Waals surface area contributed by atoms with E-state index in [1.165, 1.54) is 47.4 Å². The molecule has 6 rings (SSSR count). The third-order valence-electron chi connectivity index (χ3n) is 6.55. The molecule has 0 saturated heterocycles. The second kappa shape index (κ2) is 8.76. The van der Waals surface area contributed by atoms with Gasteiger partial charge in [0, 0.05) is 22.2 Å².